The molecule has 0 radical (unpaired) electrons. The predicted octanol–water partition coefficient (Wildman–Crippen LogP) is 3.86. The van der Waals surface area contributed by atoms with Gasteiger partial charge in [0.05, 0.1) is 11.8 Å². The number of esters is 1. The monoisotopic (exact) mass is 396 g/mol. The maximum absolute atomic E-state index is 12.9. The van der Waals surface area contributed by atoms with Gasteiger partial charge in [0.25, 0.3) is 11.8 Å². The topological polar surface area (TPSA) is 97.6 Å². The molecule has 2 aromatic carbocycles. The van der Waals surface area contributed by atoms with Crippen molar-refractivity contribution in [2.24, 2.45) is 0 Å². The lowest BCUT2D eigenvalue weighted by Gasteiger charge is -2.14. The molecular formula is C21H17FN2O5. The second-order valence-electron chi connectivity index (χ2n) is 6.05. The average Bonchev–Trinajstić information content (AvgIpc) is 3.25. The van der Waals surface area contributed by atoms with Crippen LogP contribution >= 0.6 is 0 Å². The first-order valence-corrected chi connectivity index (χ1v) is 8.65. The molecule has 1 atom stereocenters. The lowest BCUT2D eigenvalue weighted by Crippen LogP contribution is -2.30. The zero-order chi connectivity index (χ0) is 20.8. The number of hydrogen-bond donors (Lipinski definition) is 2. The minimum atomic E-state index is -1.06. The fourth-order valence-corrected chi connectivity index (χ4v) is 2.35. The van der Waals surface area contributed by atoms with Crippen LogP contribution in [0.25, 0.3) is 0 Å². The number of carbonyl (C=O) groups is 3. The third-order valence-corrected chi connectivity index (χ3v) is 3.89. The number of amides is 2. The molecule has 1 aromatic heterocycles. The van der Waals surface area contributed by atoms with Gasteiger partial charge in [0, 0.05) is 11.4 Å². The van der Waals surface area contributed by atoms with E-state index in [1.165, 1.54) is 67.8 Å². The normalized spacial score (nSPS) is 11.4. The molecular weight excluding hydrogens is 379 g/mol. The predicted molar refractivity (Wildman–Crippen MR) is 103 cm³/mol. The fourth-order valence-electron chi connectivity index (χ4n) is 2.35. The summed E-state index contributed by atoms with van der Waals surface area (Å²) in [5.41, 5.74) is 1.06. The second kappa shape index (κ2) is 8.83. The summed E-state index contributed by atoms with van der Waals surface area (Å²) >= 11 is 0. The highest BCUT2D eigenvalue weighted by Gasteiger charge is 2.19. The maximum Gasteiger partial charge on any atom is 0.338 e. The van der Waals surface area contributed by atoms with Crippen molar-refractivity contribution in [3.05, 3.63) is 84.1 Å². The molecule has 7 nitrogen and oxygen atoms in total. The van der Waals surface area contributed by atoms with E-state index < -0.39 is 29.7 Å². The summed E-state index contributed by atoms with van der Waals surface area (Å²) in [5, 5.41) is 5.16. The Balaban J connectivity index is 1.54. The summed E-state index contributed by atoms with van der Waals surface area (Å²) in [6.45, 7) is 1.43. The highest BCUT2D eigenvalue weighted by molar-refractivity contribution is 6.02. The molecule has 0 fully saturated rings. The van der Waals surface area contributed by atoms with E-state index in [-0.39, 0.29) is 11.3 Å². The Morgan fingerprint density at radius 2 is 1.55 bits per heavy atom. The van der Waals surface area contributed by atoms with Gasteiger partial charge in [0.1, 0.15) is 5.82 Å². The van der Waals surface area contributed by atoms with Crippen molar-refractivity contribution in [3.63, 3.8) is 0 Å². The maximum atomic E-state index is 12.9. The second-order valence-corrected chi connectivity index (χ2v) is 6.05. The van der Waals surface area contributed by atoms with Crippen LogP contribution in [0.5, 0.6) is 0 Å². The summed E-state index contributed by atoms with van der Waals surface area (Å²) in [5.74, 6) is -1.93. The van der Waals surface area contributed by atoms with Crippen molar-refractivity contribution >= 4 is 29.2 Å². The van der Waals surface area contributed by atoms with Gasteiger partial charge in [-0.05, 0) is 67.6 Å². The Labute approximate surface area is 165 Å². The number of benzene rings is 2. The van der Waals surface area contributed by atoms with Gasteiger partial charge < -0.3 is 19.8 Å². The van der Waals surface area contributed by atoms with E-state index in [1.807, 2.05) is 0 Å². The fraction of sp³-hybridized carbons (Fsp3) is 0.0952. The largest absolute Gasteiger partial charge is 0.459 e. The van der Waals surface area contributed by atoms with Crippen LogP contribution in [0.3, 0.4) is 0 Å². The van der Waals surface area contributed by atoms with Crippen LogP contribution < -0.4 is 10.6 Å². The molecule has 2 N–H and O–H groups in total. The quantitative estimate of drug-likeness (QED) is 0.617. The molecule has 0 aliphatic rings. The van der Waals surface area contributed by atoms with E-state index in [2.05, 4.69) is 10.6 Å². The molecule has 0 unspecified atom stereocenters. The molecule has 0 saturated carbocycles. The van der Waals surface area contributed by atoms with Crippen molar-refractivity contribution in [2.45, 2.75) is 13.0 Å². The highest BCUT2D eigenvalue weighted by Crippen LogP contribution is 2.14. The van der Waals surface area contributed by atoms with E-state index in [4.69, 9.17) is 9.15 Å². The summed E-state index contributed by atoms with van der Waals surface area (Å²) in [6.07, 6.45) is 0.326. The third-order valence-electron chi connectivity index (χ3n) is 3.89. The van der Waals surface area contributed by atoms with Crippen LogP contribution in [-0.4, -0.2) is 23.9 Å². The molecule has 3 aromatic rings. The van der Waals surface area contributed by atoms with Gasteiger partial charge in [-0.15, -0.1) is 0 Å². The number of hydrogen-bond acceptors (Lipinski definition) is 5. The zero-order valence-electron chi connectivity index (χ0n) is 15.3. The molecule has 0 aliphatic heterocycles. The van der Waals surface area contributed by atoms with E-state index in [1.54, 1.807) is 6.07 Å². The standard InChI is InChI=1S/C21H17FN2O5/c1-13(19(25)23-17-10-6-15(22)7-11-17)29-21(27)14-4-8-16(9-5-14)24-20(26)18-3-2-12-28-18/h2-13H,1H3,(H,23,25)(H,24,26)/t13-/m0/s1. The van der Waals surface area contributed by atoms with Crippen LogP contribution in [0.1, 0.15) is 27.8 Å². The van der Waals surface area contributed by atoms with Crippen molar-refractivity contribution in [3.8, 4) is 0 Å². The number of ether oxygens (including phenoxy) is 1. The summed E-state index contributed by atoms with van der Waals surface area (Å²) in [7, 11) is 0. The van der Waals surface area contributed by atoms with E-state index >= 15 is 0 Å². The molecule has 148 valence electrons. The summed E-state index contributed by atoms with van der Waals surface area (Å²) in [6, 6.07) is 14.3. The van der Waals surface area contributed by atoms with Crippen LogP contribution in [-0.2, 0) is 9.53 Å². The smallest absolute Gasteiger partial charge is 0.338 e. The number of furan rings is 1. The molecule has 8 heteroatoms. The molecule has 1 heterocycles. The Kier molecular flexibility index (Phi) is 6.03. The van der Waals surface area contributed by atoms with E-state index in [9.17, 15) is 18.8 Å². The van der Waals surface area contributed by atoms with Crippen molar-refractivity contribution < 1.29 is 27.9 Å². The minimum Gasteiger partial charge on any atom is -0.459 e. The molecule has 3 rings (SSSR count). The van der Waals surface area contributed by atoms with Crippen molar-refractivity contribution in [1.82, 2.24) is 0 Å². The molecule has 2 amide bonds. The molecule has 0 aliphatic carbocycles. The number of halogens is 1. The van der Waals surface area contributed by atoms with Gasteiger partial charge in [-0.2, -0.15) is 0 Å². The first kappa shape index (κ1) is 19.8. The zero-order valence-corrected chi connectivity index (χ0v) is 15.3. The van der Waals surface area contributed by atoms with Gasteiger partial charge in [-0.1, -0.05) is 0 Å². The molecule has 0 bridgehead atoms. The van der Waals surface area contributed by atoms with Gasteiger partial charge >= 0.3 is 5.97 Å². The van der Waals surface area contributed by atoms with Crippen molar-refractivity contribution in [2.75, 3.05) is 10.6 Å². The lowest BCUT2D eigenvalue weighted by atomic mass is 10.2. The minimum absolute atomic E-state index is 0.162. The van der Waals surface area contributed by atoms with Crippen LogP contribution in [0.15, 0.2) is 71.3 Å². The lowest BCUT2D eigenvalue weighted by molar-refractivity contribution is -0.123. The Morgan fingerprint density at radius 3 is 2.17 bits per heavy atom. The van der Waals surface area contributed by atoms with Gasteiger partial charge in [-0.3, -0.25) is 9.59 Å². The number of nitrogens with one attached hydrogen (secondary N) is 2. The van der Waals surface area contributed by atoms with E-state index in [0.29, 0.717) is 11.4 Å². The Morgan fingerprint density at radius 1 is 0.931 bits per heavy atom. The Bertz CT molecular complexity index is 999. The number of rotatable bonds is 6. The molecule has 0 spiro atoms. The highest BCUT2D eigenvalue weighted by atomic mass is 19.1. The summed E-state index contributed by atoms with van der Waals surface area (Å²) in [4.78, 5) is 36.3. The van der Waals surface area contributed by atoms with E-state index in [0.717, 1.165) is 0 Å². The Hall–Kier alpha value is -3.94. The van der Waals surface area contributed by atoms with Gasteiger partial charge in [0.2, 0.25) is 0 Å². The average molecular weight is 396 g/mol. The third kappa shape index (κ3) is 5.29. The van der Waals surface area contributed by atoms with Crippen molar-refractivity contribution in [1.29, 1.82) is 0 Å². The van der Waals surface area contributed by atoms with Gasteiger partial charge in [0.15, 0.2) is 11.9 Å². The first-order valence-electron chi connectivity index (χ1n) is 8.65. The molecule has 29 heavy (non-hydrogen) atoms. The van der Waals surface area contributed by atoms with Crippen LogP contribution in [0, 0.1) is 5.82 Å². The van der Waals surface area contributed by atoms with Crippen LogP contribution in [0.4, 0.5) is 15.8 Å². The first-order chi connectivity index (χ1) is 13.9. The van der Waals surface area contributed by atoms with Crippen LogP contribution in [0.2, 0.25) is 0 Å². The summed E-state index contributed by atoms with van der Waals surface area (Å²) < 4.78 is 23.1. The van der Waals surface area contributed by atoms with Gasteiger partial charge in [-0.25, -0.2) is 9.18 Å². The SMILES string of the molecule is C[C@H](OC(=O)c1ccc(NC(=O)c2ccco2)cc1)C(=O)Nc1ccc(F)cc1. The number of carbonyl (C=O) groups excluding carboxylic acids is 3. The molecule has 0 saturated heterocycles. The number of anilines is 2.